The number of aryl methyl sites for hydroxylation is 1. The number of carboxylic acid groups (broad SMARTS) is 2. The molecule has 0 spiro atoms. The summed E-state index contributed by atoms with van der Waals surface area (Å²) in [6.07, 6.45) is -7.20. The maximum absolute atomic E-state index is 12.9. The van der Waals surface area contributed by atoms with Crippen LogP contribution in [0.1, 0.15) is 28.0 Å². The monoisotopic (exact) mass is 585 g/mol. The first-order valence-corrected chi connectivity index (χ1v) is 12.2. The fourth-order valence-corrected chi connectivity index (χ4v) is 4.41. The van der Waals surface area contributed by atoms with Crippen LogP contribution in [0.5, 0.6) is 0 Å². The number of amides is 1. The topological polar surface area (TPSA) is 120 Å². The predicted molar refractivity (Wildman–Crippen MR) is 125 cm³/mol. The van der Waals surface area contributed by atoms with Crippen molar-refractivity contribution in [3.8, 4) is 0 Å². The zero-order valence-corrected chi connectivity index (χ0v) is 21.2. The second-order valence-corrected chi connectivity index (χ2v) is 9.16. The van der Waals surface area contributed by atoms with Crippen LogP contribution >= 0.6 is 11.3 Å². The maximum Gasteiger partial charge on any atom is 0.490 e. The summed E-state index contributed by atoms with van der Waals surface area (Å²) < 4.78 is 69.4. The number of halogens is 6. The number of fused-ring (bicyclic) bond motifs is 1. The SMILES string of the molecule is Cc1cccnc1CN1CC[C@@H]2OCCN(C(=O)c3ccsc3)[C@H]2C1.O=C(O)C(F)(F)F.O=C(O)C(F)(F)F. The Balaban J connectivity index is 0.000000317. The highest BCUT2D eigenvalue weighted by Gasteiger charge is 2.40. The van der Waals surface area contributed by atoms with Gasteiger partial charge in [0.2, 0.25) is 0 Å². The number of hydrogen-bond acceptors (Lipinski definition) is 7. The van der Waals surface area contributed by atoms with Crippen molar-refractivity contribution in [3.05, 3.63) is 52.0 Å². The van der Waals surface area contributed by atoms with Gasteiger partial charge in [0.1, 0.15) is 0 Å². The fraction of sp³-hybridized carbons (Fsp3) is 0.478. The number of aromatic nitrogens is 1. The van der Waals surface area contributed by atoms with Crippen molar-refractivity contribution in [2.75, 3.05) is 26.2 Å². The number of aliphatic carboxylic acids is 2. The molecule has 2 aromatic rings. The van der Waals surface area contributed by atoms with Gasteiger partial charge in [-0.1, -0.05) is 6.07 Å². The number of carboxylic acids is 2. The molecule has 0 radical (unpaired) electrons. The number of pyridine rings is 1. The van der Waals surface area contributed by atoms with Gasteiger partial charge in [0.05, 0.1) is 30.0 Å². The van der Waals surface area contributed by atoms with Crippen LogP contribution in [0.3, 0.4) is 0 Å². The summed E-state index contributed by atoms with van der Waals surface area (Å²) in [4.78, 5) is 39.6. The summed E-state index contributed by atoms with van der Waals surface area (Å²) in [5.41, 5.74) is 3.13. The molecule has 39 heavy (non-hydrogen) atoms. The average molecular weight is 586 g/mol. The number of hydrogen-bond donors (Lipinski definition) is 2. The molecule has 2 atom stereocenters. The summed E-state index contributed by atoms with van der Waals surface area (Å²) in [6, 6.07) is 6.11. The van der Waals surface area contributed by atoms with Gasteiger partial charge in [-0.25, -0.2) is 9.59 Å². The molecule has 0 aliphatic carbocycles. The smallest absolute Gasteiger partial charge is 0.475 e. The van der Waals surface area contributed by atoms with Gasteiger partial charge >= 0.3 is 24.3 Å². The lowest BCUT2D eigenvalue weighted by Gasteiger charge is -2.47. The molecule has 2 aliphatic rings. The second-order valence-electron chi connectivity index (χ2n) is 8.38. The standard InChI is InChI=1S/C19H23N3O2S.2C2HF3O2/c1-14-3-2-6-20-16(14)11-21-7-4-18-17(12-21)22(8-9-24-18)19(23)15-5-10-25-13-15;2*3-2(4,5)1(6)7/h2-3,5-6,10,13,17-18H,4,7-9,11-12H2,1H3;2*(H,6,7)/t17-,18-;;/m0../s1. The van der Waals surface area contributed by atoms with Gasteiger partial charge < -0.3 is 19.8 Å². The third-order valence-corrected chi connectivity index (χ3v) is 6.36. The first-order chi connectivity index (χ1) is 18.1. The van der Waals surface area contributed by atoms with E-state index in [1.165, 1.54) is 5.56 Å². The molecule has 4 rings (SSSR count). The lowest BCUT2D eigenvalue weighted by Crippen LogP contribution is -2.61. The van der Waals surface area contributed by atoms with Crippen molar-refractivity contribution in [3.63, 3.8) is 0 Å². The minimum atomic E-state index is -5.08. The lowest BCUT2D eigenvalue weighted by atomic mass is 9.97. The molecule has 216 valence electrons. The molecule has 9 nitrogen and oxygen atoms in total. The molecule has 2 saturated heterocycles. The first-order valence-electron chi connectivity index (χ1n) is 11.3. The van der Waals surface area contributed by atoms with Crippen LogP contribution in [-0.4, -0.2) is 93.6 Å². The van der Waals surface area contributed by atoms with Crippen molar-refractivity contribution in [1.29, 1.82) is 0 Å². The number of alkyl halides is 6. The van der Waals surface area contributed by atoms with E-state index in [0.717, 1.165) is 37.3 Å². The molecule has 0 unspecified atom stereocenters. The minimum absolute atomic E-state index is 0.124. The molecule has 2 aliphatic heterocycles. The van der Waals surface area contributed by atoms with E-state index in [0.29, 0.717) is 13.2 Å². The third-order valence-electron chi connectivity index (χ3n) is 5.67. The van der Waals surface area contributed by atoms with E-state index in [2.05, 4.69) is 22.9 Å². The third kappa shape index (κ3) is 9.78. The van der Waals surface area contributed by atoms with E-state index in [1.54, 1.807) is 11.3 Å². The van der Waals surface area contributed by atoms with Crippen molar-refractivity contribution in [2.24, 2.45) is 0 Å². The van der Waals surface area contributed by atoms with E-state index in [9.17, 15) is 31.1 Å². The molecule has 0 saturated carbocycles. The van der Waals surface area contributed by atoms with Crippen molar-refractivity contribution in [2.45, 2.75) is 44.4 Å². The van der Waals surface area contributed by atoms with Crippen LogP contribution in [0.4, 0.5) is 26.3 Å². The van der Waals surface area contributed by atoms with Crippen LogP contribution in [0.25, 0.3) is 0 Å². The number of piperidine rings is 1. The number of ether oxygens (including phenoxy) is 1. The highest BCUT2D eigenvalue weighted by atomic mass is 32.1. The summed E-state index contributed by atoms with van der Waals surface area (Å²) >= 11 is 1.57. The summed E-state index contributed by atoms with van der Waals surface area (Å²) in [6.45, 7) is 6.07. The highest BCUT2D eigenvalue weighted by molar-refractivity contribution is 7.08. The number of carbonyl (C=O) groups is 3. The van der Waals surface area contributed by atoms with Crippen molar-refractivity contribution < 1.29 is 55.7 Å². The van der Waals surface area contributed by atoms with Crippen LogP contribution < -0.4 is 0 Å². The van der Waals surface area contributed by atoms with Crippen LogP contribution in [0.2, 0.25) is 0 Å². The van der Waals surface area contributed by atoms with Gasteiger partial charge in [-0.2, -0.15) is 37.7 Å². The number of likely N-dealkylation sites (tertiary alicyclic amines) is 1. The molecule has 16 heteroatoms. The van der Waals surface area contributed by atoms with E-state index < -0.39 is 24.3 Å². The van der Waals surface area contributed by atoms with Crippen LogP contribution in [0, 0.1) is 6.92 Å². The summed E-state index contributed by atoms with van der Waals surface area (Å²) in [7, 11) is 0. The van der Waals surface area contributed by atoms with Gasteiger partial charge in [-0.05, 0) is 36.4 Å². The normalized spacial score (nSPS) is 19.5. The van der Waals surface area contributed by atoms with Gasteiger partial charge in [0.25, 0.3) is 5.91 Å². The Labute approximate surface area is 222 Å². The van der Waals surface area contributed by atoms with Crippen LogP contribution in [-0.2, 0) is 20.9 Å². The van der Waals surface area contributed by atoms with Gasteiger partial charge in [0.15, 0.2) is 0 Å². The van der Waals surface area contributed by atoms with E-state index >= 15 is 0 Å². The van der Waals surface area contributed by atoms with Crippen molar-refractivity contribution >= 4 is 29.2 Å². The fourth-order valence-electron chi connectivity index (χ4n) is 3.78. The predicted octanol–water partition coefficient (Wildman–Crippen LogP) is 3.83. The summed E-state index contributed by atoms with van der Waals surface area (Å²) in [5.74, 6) is -5.38. The lowest BCUT2D eigenvalue weighted by molar-refractivity contribution is -0.193. The minimum Gasteiger partial charge on any atom is -0.475 e. The molecule has 0 bridgehead atoms. The van der Waals surface area contributed by atoms with Crippen LogP contribution in [0.15, 0.2) is 35.2 Å². The average Bonchev–Trinajstić information content (AvgIpc) is 3.39. The maximum atomic E-state index is 12.9. The zero-order valence-electron chi connectivity index (χ0n) is 20.4. The molecule has 0 aromatic carbocycles. The highest BCUT2D eigenvalue weighted by Crippen LogP contribution is 2.26. The second kappa shape index (κ2) is 13.7. The number of rotatable bonds is 3. The molecule has 4 heterocycles. The quantitative estimate of drug-likeness (QED) is 0.522. The Kier molecular flexibility index (Phi) is 11.2. The number of morpholine rings is 1. The molecule has 1 amide bonds. The number of thiophene rings is 1. The molecule has 2 fully saturated rings. The molecular weight excluding hydrogens is 560 g/mol. The van der Waals surface area contributed by atoms with Gasteiger partial charge in [-0.15, -0.1) is 0 Å². The Hall–Kier alpha value is -3.24. The number of carbonyl (C=O) groups excluding carboxylic acids is 1. The largest absolute Gasteiger partial charge is 0.490 e. The van der Waals surface area contributed by atoms with E-state index in [-0.39, 0.29) is 18.1 Å². The van der Waals surface area contributed by atoms with Gasteiger partial charge in [-0.3, -0.25) is 14.7 Å². The Morgan fingerprint density at radius 3 is 2.21 bits per heavy atom. The Bertz CT molecular complexity index is 1090. The van der Waals surface area contributed by atoms with E-state index in [4.69, 9.17) is 24.5 Å². The summed E-state index contributed by atoms with van der Waals surface area (Å²) in [5, 5.41) is 18.1. The number of nitrogens with zero attached hydrogens (tertiary/aromatic N) is 3. The molecular formula is C23H25F6N3O6S. The van der Waals surface area contributed by atoms with E-state index in [1.807, 2.05) is 34.0 Å². The Morgan fingerprint density at radius 1 is 1.08 bits per heavy atom. The molecule has 2 N–H and O–H groups in total. The van der Waals surface area contributed by atoms with Crippen molar-refractivity contribution in [1.82, 2.24) is 14.8 Å². The molecule has 2 aromatic heterocycles. The first kappa shape index (κ1) is 32.0. The Morgan fingerprint density at radius 2 is 1.69 bits per heavy atom. The zero-order chi connectivity index (χ0) is 29.4. The van der Waals surface area contributed by atoms with Gasteiger partial charge in [0, 0.05) is 37.8 Å².